The molecule has 2 N–H and O–H groups in total. The van der Waals surface area contributed by atoms with Crippen molar-refractivity contribution in [2.24, 2.45) is 0 Å². The summed E-state index contributed by atoms with van der Waals surface area (Å²) in [7, 11) is 1.71. The topological polar surface area (TPSA) is 79.4 Å². The lowest BCUT2D eigenvalue weighted by atomic mass is 10.1. The average molecular weight is 464 g/mol. The highest BCUT2D eigenvalue weighted by Crippen LogP contribution is 2.27. The van der Waals surface area contributed by atoms with Gasteiger partial charge in [-0.3, -0.25) is 9.78 Å². The fourth-order valence-electron chi connectivity index (χ4n) is 4.23. The van der Waals surface area contributed by atoms with Gasteiger partial charge in [0, 0.05) is 39.1 Å². The average Bonchev–Trinajstić information content (AvgIpc) is 3.32. The van der Waals surface area contributed by atoms with Gasteiger partial charge >= 0.3 is 0 Å². The fourth-order valence-corrected chi connectivity index (χ4v) is 4.23. The van der Waals surface area contributed by atoms with Crippen molar-refractivity contribution in [2.75, 3.05) is 37.0 Å². The van der Waals surface area contributed by atoms with Crippen molar-refractivity contribution in [1.29, 1.82) is 0 Å². The summed E-state index contributed by atoms with van der Waals surface area (Å²) < 4.78 is 18.9. The van der Waals surface area contributed by atoms with E-state index in [1.54, 1.807) is 25.6 Å². The van der Waals surface area contributed by atoms with E-state index in [2.05, 4.69) is 20.5 Å². The van der Waals surface area contributed by atoms with Gasteiger partial charge in [0.05, 0.1) is 18.2 Å². The number of nitrogens with one attached hydrogen (secondary N) is 2. The summed E-state index contributed by atoms with van der Waals surface area (Å²) in [5.74, 6) is 0.856. The number of aromatic nitrogens is 2. The highest BCUT2D eigenvalue weighted by Gasteiger charge is 2.26. The molecule has 3 heterocycles. The van der Waals surface area contributed by atoms with Gasteiger partial charge in [0.25, 0.3) is 5.91 Å². The van der Waals surface area contributed by atoms with Gasteiger partial charge in [-0.05, 0) is 60.7 Å². The monoisotopic (exact) mass is 463 g/mol. The Labute approximate surface area is 199 Å². The number of amides is 1. The Morgan fingerprint density at radius 1 is 1.21 bits per heavy atom. The molecule has 1 amide bonds. The lowest BCUT2D eigenvalue weighted by Crippen LogP contribution is -2.34. The molecule has 1 aliphatic rings. The Morgan fingerprint density at radius 3 is 2.88 bits per heavy atom. The van der Waals surface area contributed by atoms with Crippen molar-refractivity contribution in [3.8, 4) is 0 Å². The molecule has 0 unspecified atom stereocenters. The number of halogens is 1. The van der Waals surface area contributed by atoms with E-state index in [9.17, 15) is 9.18 Å². The second-order valence-corrected chi connectivity index (χ2v) is 8.36. The van der Waals surface area contributed by atoms with Crippen LogP contribution in [0.2, 0.25) is 0 Å². The Kier molecular flexibility index (Phi) is 8.04. The smallest absolute Gasteiger partial charge is 0.255 e. The van der Waals surface area contributed by atoms with E-state index in [1.165, 1.54) is 12.1 Å². The zero-order valence-electron chi connectivity index (χ0n) is 19.3. The largest absolute Gasteiger partial charge is 0.383 e. The number of hydrogen-bond donors (Lipinski definition) is 2. The van der Waals surface area contributed by atoms with Crippen LogP contribution in [-0.4, -0.2) is 48.7 Å². The molecule has 4 rings (SSSR count). The van der Waals surface area contributed by atoms with Crippen LogP contribution in [0.15, 0.2) is 60.9 Å². The van der Waals surface area contributed by atoms with Crippen molar-refractivity contribution in [3.05, 3.63) is 83.4 Å². The molecule has 1 aromatic carbocycles. The number of benzene rings is 1. The number of pyridine rings is 2. The van der Waals surface area contributed by atoms with E-state index < -0.39 is 0 Å². The summed E-state index contributed by atoms with van der Waals surface area (Å²) >= 11 is 0. The summed E-state index contributed by atoms with van der Waals surface area (Å²) in [5, 5.41) is 6.25. The summed E-state index contributed by atoms with van der Waals surface area (Å²) in [6.45, 7) is 2.43. The van der Waals surface area contributed by atoms with Crippen molar-refractivity contribution >= 4 is 17.5 Å². The molecule has 0 radical (unpaired) electrons. The predicted molar refractivity (Wildman–Crippen MR) is 130 cm³/mol. The van der Waals surface area contributed by atoms with Crippen molar-refractivity contribution in [1.82, 2.24) is 15.3 Å². The first kappa shape index (κ1) is 23.6. The van der Waals surface area contributed by atoms with Crippen molar-refractivity contribution in [3.63, 3.8) is 0 Å². The number of carbonyl (C=O) groups excluding carboxylic acids is 1. The Morgan fingerprint density at radius 2 is 2.09 bits per heavy atom. The number of rotatable bonds is 10. The minimum atomic E-state index is -0.258. The molecule has 0 aliphatic carbocycles. The van der Waals surface area contributed by atoms with Gasteiger partial charge in [0.1, 0.15) is 17.5 Å². The molecule has 1 atom stereocenters. The van der Waals surface area contributed by atoms with Crippen LogP contribution >= 0.6 is 0 Å². The van der Waals surface area contributed by atoms with Crippen LogP contribution in [0.1, 0.15) is 34.3 Å². The number of nitrogens with zero attached hydrogens (tertiary/aromatic N) is 3. The maximum Gasteiger partial charge on any atom is 0.255 e. The molecular weight excluding hydrogens is 433 g/mol. The van der Waals surface area contributed by atoms with Gasteiger partial charge in [-0.25, -0.2) is 9.37 Å². The molecular formula is C26H30FN5O2. The third-order valence-electron chi connectivity index (χ3n) is 5.93. The molecule has 8 heteroatoms. The standard InChI is InChI=1S/C26H30FN5O2/c1-34-18-22-8-4-14-32(22)24-10-9-23(26(33)30-17-20-6-3-12-28-16-20)25(31-24)29-13-11-19-5-2-7-21(27)15-19/h2-3,5-7,9-10,12,15-16,22H,4,8,11,13-14,17-18H2,1H3,(H,29,31)(H,30,33)/t22-/m0/s1. The first-order valence-electron chi connectivity index (χ1n) is 11.6. The van der Waals surface area contributed by atoms with Gasteiger partial charge in [0.15, 0.2) is 0 Å². The zero-order chi connectivity index (χ0) is 23.8. The van der Waals surface area contributed by atoms with E-state index in [1.807, 2.05) is 30.3 Å². The van der Waals surface area contributed by atoms with Crippen LogP contribution in [-0.2, 0) is 17.7 Å². The van der Waals surface area contributed by atoms with Crippen LogP contribution in [0.5, 0.6) is 0 Å². The van der Waals surface area contributed by atoms with E-state index in [4.69, 9.17) is 9.72 Å². The normalized spacial score (nSPS) is 15.4. The molecule has 34 heavy (non-hydrogen) atoms. The van der Waals surface area contributed by atoms with Crippen molar-refractivity contribution < 1.29 is 13.9 Å². The van der Waals surface area contributed by atoms with E-state index >= 15 is 0 Å². The first-order valence-corrected chi connectivity index (χ1v) is 11.6. The third kappa shape index (κ3) is 6.08. The Hall–Kier alpha value is -3.52. The summed E-state index contributed by atoms with van der Waals surface area (Å²) in [5.41, 5.74) is 2.26. The van der Waals surface area contributed by atoms with Gasteiger partial charge < -0.3 is 20.3 Å². The quantitative estimate of drug-likeness (QED) is 0.476. The summed E-state index contributed by atoms with van der Waals surface area (Å²) in [4.78, 5) is 24.2. The maximum absolute atomic E-state index is 13.5. The van der Waals surface area contributed by atoms with Crippen LogP contribution in [0, 0.1) is 5.82 Å². The molecule has 0 saturated carbocycles. The molecule has 7 nitrogen and oxygen atoms in total. The lowest BCUT2D eigenvalue weighted by molar-refractivity contribution is 0.0951. The highest BCUT2D eigenvalue weighted by atomic mass is 19.1. The zero-order valence-corrected chi connectivity index (χ0v) is 19.3. The number of hydrogen-bond acceptors (Lipinski definition) is 6. The van der Waals surface area contributed by atoms with Gasteiger partial charge in [-0.2, -0.15) is 0 Å². The minimum absolute atomic E-state index is 0.217. The Bertz CT molecular complexity index is 1100. The van der Waals surface area contributed by atoms with Gasteiger partial charge in [-0.15, -0.1) is 0 Å². The molecule has 1 fully saturated rings. The fraction of sp³-hybridized carbons (Fsp3) is 0.346. The SMILES string of the molecule is COC[C@@H]1CCCN1c1ccc(C(=O)NCc2cccnc2)c(NCCc2cccc(F)c2)n1. The van der Waals surface area contributed by atoms with Crippen LogP contribution < -0.4 is 15.5 Å². The second kappa shape index (κ2) is 11.6. The molecule has 0 spiro atoms. The third-order valence-corrected chi connectivity index (χ3v) is 5.93. The van der Waals surface area contributed by atoms with Crippen LogP contribution in [0.25, 0.3) is 0 Å². The summed E-state index contributed by atoms with van der Waals surface area (Å²) in [6, 6.07) is 14.3. The minimum Gasteiger partial charge on any atom is -0.383 e. The molecule has 1 saturated heterocycles. The van der Waals surface area contributed by atoms with Gasteiger partial charge in [0.2, 0.25) is 0 Å². The highest BCUT2D eigenvalue weighted by molar-refractivity contribution is 5.99. The van der Waals surface area contributed by atoms with E-state index in [-0.39, 0.29) is 17.8 Å². The number of methoxy groups -OCH3 is 1. The van der Waals surface area contributed by atoms with Crippen molar-refractivity contribution in [2.45, 2.75) is 31.8 Å². The number of ether oxygens (including phenoxy) is 1. The Balaban J connectivity index is 1.51. The second-order valence-electron chi connectivity index (χ2n) is 8.36. The number of anilines is 2. The molecule has 0 bridgehead atoms. The molecule has 2 aromatic heterocycles. The van der Waals surface area contributed by atoms with E-state index in [0.717, 1.165) is 36.3 Å². The maximum atomic E-state index is 13.5. The van der Waals surface area contributed by atoms with Crippen LogP contribution in [0.3, 0.4) is 0 Å². The predicted octanol–water partition coefficient (Wildman–Crippen LogP) is 3.82. The first-order chi connectivity index (χ1) is 16.6. The molecule has 178 valence electrons. The van der Waals surface area contributed by atoms with Gasteiger partial charge in [-0.1, -0.05) is 18.2 Å². The summed E-state index contributed by atoms with van der Waals surface area (Å²) in [6.07, 6.45) is 6.15. The molecule has 1 aliphatic heterocycles. The number of carbonyl (C=O) groups is 1. The lowest BCUT2D eigenvalue weighted by Gasteiger charge is -2.26. The van der Waals surface area contributed by atoms with E-state index in [0.29, 0.717) is 37.5 Å². The molecule has 3 aromatic rings. The van der Waals surface area contributed by atoms with Crippen LogP contribution in [0.4, 0.5) is 16.0 Å².